The first-order valence-electron chi connectivity index (χ1n) is 7.25. The number of nitrogens with one attached hydrogen (secondary N) is 3. The van der Waals surface area contributed by atoms with Crippen LogP contribution < -0.4 is 10.6 Å². The Balaban J connectivity index is 1.64. The minimum Gasteiger partial charge on any atom is -0.339 e. The van der Waals surface area contributed by atoms with Crippen LogP contribution in [0.4, 0.5) is 11.5 Å². The van der Waals surface area contributed by atoms with Gasteiger partial charge in [0, 0.05) is 11.1 Å². The van der Waals surface area contributed by atoms with Crippen molar-refractivity contribution >= 4 is 34.0 Å². The zero-order valence-electron chi connectivity index (χ0n) is 11.8. The van der Waals surface area contributed by atoms with Crippen molar-refractivity contribution in [1.29, 1.82) is 0 Å². The summed E-state index contributed by atoms with van der Waals surface area (Å²) in [6, 6.07) is 6.16. The summed E-state index contributed by atoms with van der Waals surface area (Å²) in [5.74, 6) is 1.41. The van der Waals surface area contributed by atoms with Gasteiger partial charge in [0.2, 0.25) is 0 Å². The summed E-state index contributed by atoms with van der Waals surface area (Å²) in [6.07, 6.45) is 5.65. The molecule has 1 aromatic carbocycles. The van der Waals surface area contributed by atoms with Crippen molar-refractivity contribution in [3.05, 3.63) is 41.4 Å². The van der Waals surface area contributed by atoms with Gasteiger partial charge in [-0.05, 0) is 37.6 Å². The number of hydrogen-bond acceptors (Lipinski definition) is 5. The van der Waals surface area contributed by atoms with E-state index in [1.807, 2.05) is 18.2 Å². The molecule has 0 unspecified atom stereocenters. The Hall–Kier alpha value is -2.18. The number of hydrogen-bond donors (Lipinski definition) is 3. The molecule has 1 saturated heterocycles. The fraction of sp³-hybridized carbons (Fsp3) is 0.267. The topological polar surface area (TPSA) is 78.5 Å². The van der Waals surface area contributed by atoms with Gasteiger partial charge >= 0.3 is 0 Å². The van der Waals surface area contributed by atoms with Crippen molar-refractivity contribution in [3.8, 4) is 0 Å². The number of benzene rings is 1. The summed E-state index contributed by atoms with van der Waals surface area (Å²) >= 11 is 6.22. The minimum atomic E-state index is 0.217. The quantitative estimate of drug-likeness (QED) is 0.692. The van der Waals surface area contributed by atoms with Crippen LogP contribution >= 0.6 is 11.6 Å². The predicted octanol–water partition coefficient (Wildman–Crippen LogP) is 3.17. The standard InChI is InChI=1S/C15H15ClN6/c16-11-8-18-15(13-2-1-5-17-13)21-14(11)20-10-3-4-12-9(6-10)7-19-22-12/h3-4,6-8,13,17H,1-2,5H2,(H,19,22)(H,18,20,21)/t13-/m1/s1. The van der Waals surface area contributed by atoms with Crippen LogP contribution in [0.3, 0.4) is 0 Å². The highest BCUT2D eigenvalue weighted by atomic mass is 35.5. The smallest absolute Gasteiger partial charge is 0.153 e. The first kappa shape index (κ1) is 13.5. The van der Waals surface area contributed by atoms with Gasteiger partial charge in [0.15, 0.2) is 5.82 Å². The van der Waals surface area contributed by atoms with Crippen LogP contribution in [0.5, 0.6) is 0 Å². The molecular formula is C15H15ClN6. The van der Waals surface area contributed by atoms with Gasteiger partial charge in [0.1, 0.15) is 10.8 Å². The highest BCUT2D eigenvalue weighted by Crippen LogP contribution is 2.27. The highest BCUT2D eigenvalue weighted by Gasteiger charge is 2.20. The lowest BCUT2D eigenvalue weighted by atomic mass is 10.2. The average molecular weight is 315 g/mol. The molecule has 6 nitrogen and oxygen atoms in total. The van der Waals surface area contributed by atoms with Crippen molar-refractivity contribution in [1.82, 2.24) is 25.5 Å². The third-order valence-electron chi connectivity index (χ3n) is 3.84. The number of aromatic amines is 1. The molecule has 112 valence electrons. The molecule has 0 spiro atoms. The molecule has 7 heteroatoms. The summed E-state index contributed by atoms with van der Waals surface area (Å²) in [7, 11) is 0. The third-order valence-corrected chi connectivity index (χ3v) is 4.11. The third kappa shape index (κ3) is 2.51. The predicted molar refractivity (Wildman–Crippen MR) is 86.4 cm³/mol. The lowest BCUT2D eigenvalue weighted by Gasteiger charge is -2.12. The van der Waals surface area contributed by atoms with Crippen LogP contribution in [0.2, 0.25) is 5.02 Å². The molecule has 3 N–H and O–H groups in total. The van der Waals surface area contributed by atoms with Gasteiger partial charge in [-0.1, -0.05) is 11.6 Å². The van der Waals surface area contributed by atoms with E-state index in [2.05, 4.69) is 30.8 Å². The number of rotatable bonds is 3. The van der Waals surface area contributed by atoms with Gasteiger partial charge < -0.3 is 10.6 Å². The van der Waals surface area contributed by atoms with Gasteiger partial charge in [-0.25, -0.2) is 9.97 Å². The van der Waals surface area contributed by atoms with Crippen molar-refractivity contribution in [3.63, 3.8) is 0 Å². The maximum atomic E-state index is 6.22. The van der Waals surface area contributed by atoms with Crippen LogP contribution in [0.1, 0.15) is 24.7 Å². The van der Waals surface area contributed by atoms with Crippen LogP contribution in [-0.2, 0) is 0 Å². The number of nitrogens with zero attached hydrogens (tertiary/aromatic N) is 3. The Labute approximate surface area is 132 Å². The Morgan fingerprint density at radius 2 is 2.23 bits per heavy atom. The van der Waals surface area contributed by atoms with E-state index in [1.165, 1.54) is 0 Å². The van der Waals surface area contributed by atoms with Crippen LogP contribution in [0, 0.1) is 0 Å². The molecule has 1 atom stereocenters. The Kier molecular flexibility index (Phi) is 3.40. The van der Waals surface area contributed by atoms with Crippen molar-refractivity contribution in [2.24, 2.45) is 0 Å². The number of fused-ring (bicyclic) bond motifs is 1. The molecule has 0 amide bonds. The van der Waals surface area contributed by atoms with Crippen molar-refractivity contribution in [2.45, 2.75) is 18.9 Å². The molecule has 4 rings (SSSR count). The Morgan fingerprint density at radius 3 is 3.09 bits per heavy atom. The largest absolute Gasteiger partial charge is 0.339 e. The molecule has 0 bridgehead atoms. The lowest BCUT2D eigenvalue weighted by Crippen LogP contribution is -2.16. The first-order valence-corrected chi connectivity index (χ1v) is 7.63. The van der Waals surface area contributed by atoms with E-state index in [0.29, 0.717) is 10.8 Å². The molecule has 1 fully saturated rings. The van der Waals surface area contributed by atoms with E-state index in [1.54, 1.807) is 12.4 Å². The summed E-state index contributed by atoms with van der Waals surface area (Å²) in [6.45, 7) is 1.01. The molecule has 1 aliphatic rings. The Bertz CT molecular complexity index is 809. The lowest BCUT2D eigenvalue weighted by molar-refractivity contribution is 0.606. The van der Waals surface area contributed by atoms with Crippen LogP contribution in [0.15, 0.2) is 30.6 Å². The second kappa shape index (κ2) is 5.55. The maximum Gasteiger partial charge on any atom is 0.153 e. The minimum absolute atomic E-state index is 0.217. The van der Waals surface area contributed by atoms with Crippen molar-refractivity contribution < 1.29 is 0 Å². The highest BCUT2D eigenvalue weighted by molar-refractivity contribution is 6.32. The first-order chi connectivity index (χ1) is 10.8. The summed E-state index contributed by atoms with van der Waals surface area (Å²) < 4.78 is 0. The molecule has 2 aromatic heterocycles. The van der Waals surface area contributed by atoms with Gasteiger partial charge in [-0.2, -0.15) is 5.10 Å². The fourth-order valence-corrected chi connectivity index (χ4v) is 2.84. The zero-order valence-corrected chi connectivity index (χ0v) is 12.6. The molecule has 0 saturated carbocycles. The van der Waals surface area contributed by atoms with Gasteiger partial charge in [0.05, 0.1) is 24.0 Å². The van der Waals surface area contributed by atoms with E-state index >= 15 is 0 Å². The second-order valence-electron chi connectivity index (χ2n) is 5.37. The van der Waals surface area contributed by atoms with Crippen LogP contribution in [-0.4, -0.2) is 26.7 Å². The molecule has 0 aliphatic carbocycles. The number of anilines is 2. The SMILES string of the molecule is Clc1cnc([C@H]2CCCN2)nc1Nc1ccc2[nH]ncc2c1. The van der Waals surface area contributed by atoms with Crippen LogP contribution in [0.25, 0.3) is 10.9 Å². The van der Waals surface area contributed by atoms with E-state index in [9.17, 15) is 0 Å². The Morgan fingerprint density at radius 1 is 1.27 bits per heavy atom. The molecule has 3 heterocycles. The molecule has 3 aromatic rings. The van der Waals surface area contributed by atoms with E-state index in [0.717, 1.165) is 41.8 Å². The molecular weight excluding hydrogens is 300 g/mol. The normalized spacial score (nSPS) is 18.0. The molecule has 1 aliphatic heterocycles. The number of aromatic nitrogens is 4. The van der Waals surface area contributed by atoms with Gasteiger partial charge in [-0.15, -0.1) is 0 Å². The second-order valence-corrected chi connectivity index (χ2v) is 5.78. The van der Waals surface area contributed by atoms with Gasteiger partial charge in [0.25, 0.3) is 0 Å². The summed E-state index contributed by atoms with van der Waals surface area (Å²) in [5, 5.41) is 15.2. The van der Waals surface area contributed by atoms with E-state index in [4.69, 9.17) is 11.6 Å². The van der Waals surface area contributed by atoms with E-state index in [-0.39, 0.29) is 6.04 Å². The van der Waals surface area contributed by atoms with E-state index < -0.39 is 0 Å². The average Bonchev–Trinajstić information content (AvgIpc) is 3.19. The fourth-order valence-electron chi connectivity index (χ4n) is 2.70. The molecule has 22 heavy (non-hydrogen) atoms. The zero-order chi connectivity index (χ0) is 14.9. The summed E-state index contributed by atoms with van der Waals surface area (Å²) in [5.41, 5.74) is 1.91. The van der Waals surface area contributed by atoms with Gasteiger partial charge in [-0.3, -0.25) is 5.10 Å². The van der Waals surface area contributed by atoms with Crippen molar-refractivity contribution in [2.75, 3.05) is 11.9 Å². The maximum absolute atomic E-state index is 6.22. The molecule has 0 radical (unpaired) electrons. The summed E-state index contributed by atoms with van der Waals surface area (Å²) in [4.78, 5) is 8.92. The number of H-pyrrole nitrogens is 1. The monoisotopic (exact) mass is 314 g/mol. The number of halogens is 1.